The molecule has 3 unspecified atom stereocenters. The lowest BCUT2D eigenvalue weighted by molar-refractivity contribution is -0.0475. The highest BCUT2D eigenvalue weighted by Gasteiger charge is 2.25. The summed E-state index contributed by atoms with van der Waals surface area (Å²) >= 11 is 0. The molecule has 4 N–H and O–H groups in total. The van der Waals surface area contributed by atoms with Gasteiger partial charge in [0.15, 0.2) is 0 Å². The van der Waals surface area contributed by atoms with Crippen molar-refractivity contribution in [2.45, 2.75) is 24.7 Å². The van der Waals surface area contributed by atoms with Gasteiger partial charge in [0, 0.05) is 13.7 Å². The molecule has 0 rings (SSSR count). The van der Waals surface area contributed by atoms with Crippen LogP contribution in [0.5, 0.6) is 0 Å². The largest absolute Gasteiger partial charge is 0.396 e. The average Bonchev–Trinajstić information content (AvgIpc) is 2.15. The molecule has 13 heavy (non-hydrogen) atoms. The zero-order valence-corrected chi connectivity index (χ0v) is 8.10. The van der Waals surface area contributed by atoms with Gasteiger partial charge in [0.2, 0.25) is 0 Å². The number of aliphatic hydroxyl groups is 3. The van der Waals surface area contributed by atoms with Crippen LogP contribution in [0.1, 0.15) is 6.42 Å². The fraction of sp³-hybridized carbons (Fsp3) is 1.00. The van der Waals surface area contributed by atoms with Gasteiger partial charge in [0.1, 0.15) is 0 Å². The first kappa shape index (κ1) is 12.8. The minimum absolute atomic E-state index is 0.0442. The van der Waals surface area contributed by atoms with Gasteiger partial charge in [0.25, 0.3) is 0 Å². The fourth-order valence-electron chi connectivity index (χ4n) is 1.18. The van der Waals surface area contributed by atoms with Gasteiger partial charge in [-0.05, 0) is 13.5 Å². The highest BCUT2D eigenvalue weighted by molar-refractivity contribution is 4.80. The Morgan fingerprint density at radius 3 is 2.31 bits per heavy atom. The number of rotatable bonds is 7. The van der Waals surface area contributed by atoms with Gasteiger partial charge in [-0.25, -0.2) is 0 Å². The van der Waals surface area contributed by atoms with E-state index < -0.39 is 18.2 Å². The summed E-state index contributed by atoms with van der Waals surface area (Å²) < 4.78 is 4.98. The molecule has 0 bridgehead atoms. The van der Waals surface area contributed by atoms with Gasteiger partial charge < -0.3 is 25.4 Å². The molecule has 0 aromatic rings. The van der Waals surface area contributed by atoms with E-state index >= 15 is 0 Å². The van der Waals surface area contributed by atoms with Gasteiger partial charge in [-0.3, -0.25) is 0 Å². The maximum atomic E-state index is 9.64. The molecule has 0 aromatic heterocycles. The third-order valence-corrected chi connectivity index (χ3v) is 2.08. The zero-order chi connectivity index (χ0) is 10.3. The van der Waals surface area contributed by atoms with E-state index in [0.717, 1.165) is 0 Å². The van der Waals surface area contributed by atoms with Crippen LogP contribution in [0.25, 0.3) is 0 Å². The van der Waals surface area contributed by atoms with Crippen LogP contribution in [0, 0.1) is 0 Å². The van der Waals surface area contributed by atoms with Crippen LogP contribution >= 0.6 is 0 Å². The normalized spacial score (nSPS) is 18.2. The summed E-state index contributed by atoms with van der Waals surface area (Å²) in [4.78, 5) is 0. The summed E-state index contributed by atoms with van der Waals surface area (Å²) in [7, 11) is 3.11. The minimum atomic E-state index is -0.813. The Kier molecular flexibility index (Phi) is 7.12. The van der Waals surface area contributed by atoms with E-state index in [2.05, 4.69) is 5.32 Å². The molecular formula is C8H19NO4. The van der Waals surface area contributed by atoms with Crippen molar-refractivity contribution in [1.82, 2.24) is 5.32 Å². The van der Waals surface area contributed by atoms with E-state index in [1.807, 2.05) is 0 Å². The standard InChI is InChI=1S/C8H19NO4/c1-9-6(5-11)8(12)7(13-2)3-4-10/h6-12H,3-5H2,1-2H3. The zero-order valence-electron chi connectivity index (χ0n) is 8.10. The van der Waals surface area contributed by atoms with Crippen molar-refractivity contribution in [2.75, 3.05) is 27.4 Å². The maximum absolute atomic E-state index is 9.64. The third kappa shape index (κ3) is 4.02. The Labute approximate surface area is 78.3 Å². The lowest BCUT2D eigenvalue weighted by Gasteiger charge is -2.27. The second-order valence-electron chi connectivity index (χ2n) is 2.85. The van der Waals surface area contributed by atoms with Gasteiger partial charge in [-0.2, -0.15) is 0 Å². The monoisotopic (exact) mass is 193 g/mol. The number of methoxy groups -OCH3 is 1. The van der Waals surface area contributed by atoms with Crippen LogP contribution in [0.2, 0.25) is 0 Å². The van der Waals surface area contributed by atoms with Crippen molar-refractivity contribution in [3.05, 3.63) is 0 Å². The number of likely N-dealkylation sites (N-methyl/N-ethyl adjacent to an activating group) is 1. The summed E-state index contributed by atoms with van der Waals surface area (Å²) in [6.45, 7) is -0.208. The molecule has 0 saturated carbocycles. The lowest BCUT2D eigenvalue weighted by Crippen LogP contribution is -2.48. The molecule has 0 heterocycles. The number of hydrogen-bond acceptors (Lipinski definition) is 5. The molecule has 0 amide bonds. The molecule has 0 aliphatic heterocycles. The first-order valence-electron chi connectivity index (χ1n) is 4.31. The Morgan fingerprint density at radius 1 is 1.38 bits per heavy atom. The van der Waals surface area contributed by atoms with E-state index in [1.54, 1.807) is 7.05 Å². The molecule has 3 atom stereocenters. The van der Waals surface area contributed by atoms with Crippen molar-refractivity contribution in [3.63, 3.8) is 0 Å². The second kappa shape index (κ2) is 7.23. The number of ether oxygens (including phenoxy) is 1. The third-order valence-electron chi connectivity index (χ3n) is 2.08. The Bertz CT molecular complexity index is 119. The number of hydrogen-bond donors (Lipinski definition) is 4. The number of nitrogens with one attached hydrogen (secondary N) is 1. The summed E-state index contributed by atoms with van der Waals surface area (Å²) in [6, 6.07) is -0.420. The highest BCUT2D eigenvalue weighted by atomic mass is 16.5. The smallest absolute Gasteiger partial charge is 0.0977 e. The van der Waals surface area contributed by atoms with Crippen LogP contribution in [-0.4, -0.2) is 60.9 Å². The van der Waals surface area contributed by atoms with E-state index in [0.29, 0.717) is 6.42 Å². The molecule has 0 spiro atoms. The minimum Gasteiger partial charge on any atom is -0.396 e. The van der Waals surface area contributed by atoms with Gasteiger partial charge in [0.05, 0.1) is 24.9 Å². The summed E-state index contributed by atoms with van der Waals surface area (Å²) in [6.07, 6.45) is -0.905. The van der Waals surface area contributed by atoms with Gasteiger partial charge >= 0.3 is 0 Å². The topological polar surface area (TPSA) is 82.0 Å². The number of aliphatic hydroxyl groups excluding tert-OH is 3. The SMILES string of the molecule is CNC(CO)C(O)C(CCO)OC. The summed E-state index contributed by atoms with van der Waals surface area (Å²) in [5, 5.41) is 29.9. The van der Waals surface area contributed by atoms with E-state index in [1.165, 1.54) is 7.11 Å². The van der Waals surface area contributed by atoms with Crippen LogP contribution in [0.3, 0.4) is 0 Å². The lowest BCUT2D eigenvalue weighted by atomic mass is 10.0. The molecule has 0 aromatic carbocycles. The molecule has 0 radical (unpaired) electrons. The average molecular weight is 193 g/mol. The summed E-state index contributed by atoms with van der Waals surface area (Å²) in [5.41, 5.74) is 0. The Morgan fingerprint density at radius 2 is 2.00 bits per heavy atom. The van der Waals surface area contributed by atoms with Crippen LogP contribution in [-0.2, 0) is 4.74 Å². The molecular weight excluding hydrogens is 174 g/mol. The molecule has 0 aliphatic rings. The van der Waals surface area contributed by atoms with Crippen LogP contribution in [0.15, 0.2) is 0 Å². The van der Waals surface area contributed by atoms with Crippen LogP contribution in [0.4, 0.5) is 0 Å². The Balaban J connectivity index is 4.07. The van der Waals surface area contributed by atoms with Gasteiger partial charge in [-0.1, -0.05) is 0 Å². The highest BCUT2D eigenvalue weighted by Crippen LogP contribution is 2.07. The van der Waals surface area contributed by atoms with Crippen molar-refractivity contribution < 1.29 is 20.1 Å². The maximum Gasteiger partial charge on any atom is 0.0977 e. The van der Waals surface area contributed by atoms with Crippen molar-refractivity contribution in [1.29, 1.82) is 0 Å². The van der Waals surface area contributed by atoms with Crippen LogP contribution < -0.4 is 5.32 Å². The predicted octanol–water partition coefficient (Wildman–Crippen LogP) is -1.67. The molecule has 0 aliphatic carbocycles. The van der Waals surface area contributed by atoms with Crippen molar-refractivity contribution in [3.8, 4) is 0 Å². The quantitative estimate of drug-likeness (QED) is 0.388. The first-order chi connectivity index (χ1) is 6.21. The fourth-order valence-corrected chi connectivity index (χ4v) is 1.18. The van der Waals surface area contributed by atoms with Gasteiger partial charge in [-0.15, -0.1) is 0 Å². The van der Waals surface area contributed by atoms with E-state index in [4.69, 9.17) is 14.9 Å². The summed E-state index contributed by atoms with van der Waals surface area (Å²) in [5.74, 6) is 0. The molecule has 0 saturated heterocycles. The first-order valence-corrected chi connectivity index (χ1v) is 4.31. The Hall–Kier alpha value is -0.200. The predicted molar refractivity (Wildman–Crippen MR) is 48.4 cm³/mol. The van der Waals surface area contributed by atoms with E-state index in [9.17, 15) is 5.11 Å². The van der Waals surface area contributed by atoms with E-state index in [-0.39, 0.29) is 13.2 Å². The van der Waals surface area contributed by atoms with Crippen molar-refractivity contribution >= 4 is 0 Å². The molecule has 80 valence electrons. The second-order valence-corrected chi connectivity index (χ2v) is 2.85. The van der Waals surface area contributed by atoms with Crippen molar-refractivity contribution in [2.24, 2.45) is 0 Å². The molecule has 5 nitrogen and oxygen atoms in total. The molecule has 5 heteroatoms. The molecule has 0 fully saturated rings.